The maximum atomic E-state index is 12.1. The summed E-state index contributed by atoms with van der Waals surface area (Å²) in [6.45, 7) is 32.4. The van der Waals surface area contributed by atoms with Gasteiger partial charge >= 0.3 is 0 Å². The molecule has 5 saturated heterocycles. The van der Waals surface area contributed by atoms with Crippen LogP contribution in [0.15, 0.2) is 0 Å². The van der Waals surface area contributed by atoms with Crippen molar-refractivity contribution in [1.29, 1.82) is 0 Å². The zero-order chi connectivity index (χ0) is 112. The minimum atomic E-state index is -5.13. The smallest absolute Gasteiger partial charge is 0.268 e. The van der Waals surface area contributed by atoms with Crippen LogP contribution in [-0.2, 0) is 164 Å². The first kappa shape index (κ1) is 150. The molecule has 53 nitrogen and oxygen atoms in total. The van der Waals surface area contributed by atoms with E-state index in [1.807, 2.05) is 125 Å². The molecule has 0 bridgehead atoms. The van der Waals surface area contributed by atoms with E-state index in [4.69, 9.17) is 124 Å². The fourth-order valence-corrected chi connectivity index (χ4v) is 20.5. The molecule has 0 aromatic carbocycles. The molecule has 0 aliphatic carbocycles. The molecule has 5 N–H and O–H groups in total. The van der Waals surface area contributed by atoms with Crippen LogP contribution in [-0.4, -0.2) is 282 Å². The molecular formula is C74H150B5O53P11-12. The van der Waals surface area contributed by atoms with Crippen LogP contribution in [0.4, 0.5) is 0 Å². The summed E-state index contributed by atoms with van der Waals surface area (Å²) >= 11 is 0. The second kappa shape index (κ2) is 74.4. The summed E-state index contributed by atoms with van der Waals surface area (Å²) in [6.07, 6.45) is -4.01. The first-order chi connectivity index (χ1) is 65.5. The van der Waals surface area contributed by atoms with Crippen molar-refractivity contribution in [2.75, 3.05) is 126 Å². The zero-order valence-electron chi connectivity index (χ0n) is 85.2. The highest BCUT2D eigenvalue weighted by atomic mass is 31.2. The molecule has 0 spiro atoms. The van der Waals surface area contributed by atoms with Gasteiger partial charge in [-0.1, -0.05) is 145 Å². The van der Waals surface area contributed by atoms with Crippen molar-refractivity contribution >= 4 is 125 Å². The molecule has 5 heterocycles. The standard InChI is InChI=1S/C17H36BO14P3.C14H30BO13P3.C14H29BO10P2.C11H23BO9P2.C10H20BO6P.C3H8.2C2H6.CH4O/c1-17(2,3)16-14(13-15(18)31-16)32-35(24,25)30-12-6-11-29-34(22,23)28-10-5-9-27-33(20,21)26-8-4-7-19;1-14(2,3)13-11(10-12(15)27-13)28-31(21,22)26-9-5-8-25-30(19,20)24-7-4-6-23-29(16,17)18;1-14(2,3)13-11(10-12(15)24-13)25-27(19,20)23-9-5-8-22-26(17,18)21-7-4-6-16;1-11(2,3)10-8(7-9(12)20-10)21-23(16,17)19-6-4-5-18-22(13,14)15;1-7(2)10-8(6-9(11)16-10)17-18(13,14)15-5-3-4-12;1-3-2;3*1-2/h14-16,19H,4-13H2,1-3H3,(H,20,21)(H,22,23)(H,24,25);11-13H,4-10H2,1-3H3,(H,19,20)(H,21,22)(H2,16,17,18);11-13,16H,4-10H2,1-3H3,(H,17,18)(H,19,20);8-10H,4-7H2,1-3H3,(H,16,17)(H2,13,14,15);7-10,12H,3-6H2,1-2H3,(H,13,14);3H2,1-2H3;2*1-2H3;2H,1H3/p-12. The fraction of sp³-hybridized carbons (Fsp3) is 1.00. The minimum Gasteiger partial charge on any atom is -0.790 e. The first-order valence-electron chi connectivity index (χ1n) is 45.8. The molecule has 0 aromatic rings. The third-order valence-electron chi connectivity index (χ3n) is 17.4. The van der Waals surface area contributed by atoms with Gasteiger partial charge in [0.2, 0.25) is 0 Å². The second-order valence-electron chi connectivity index (χ2n) is 35.1. The molecule has 846 valence electrons. The summed E-state index contributed by atoms with van der Waals surface area (Å²) in [7, 11) is -21.9. The lowest BCUT2D eigenvalue weighted by Crippen LogP contribution is -2.37. The highest BCUT2D eigenvalue weighted by Crippen LogP contribution is 2.53. The van der Waals surface area contributed by atoms with Gasteiger partial charge in [0.05, 0.1) is 168 Å². The van der Waals surface area contributed by atoms with E-state index in [0.717, 1.165) is 7.11 Å². The van der Waals surface area contributed by atoms with Gasteiger partial charge in [0.15, 0.2) is 0 Å². The SMILES string of the molecule is CC.CC.CCC.CO.[B]C1CC(OP(=O)([O-])OCCCO)C(C(C)C)O1.[B]C1CC(OP(=O)([O-])OCCCOP(=O)([O-])O)C(C(C)(C)C)O1.[B]C1CC(OP(=O)([O-])OCCCOP(=O)([O-])OCCCO)C(C(C)(C)C)O1.[B]C1CC(OP(=O)([O-])OCCCOP(=O)([O-])OCCCOP(=O)([O-])OCCCO)C(C(C)(C)C)O1.[B]C1CC(OP(=O)([O-])OCCCOP(=O)([O-])OCCCOP(=O)([O-])[O-])C(C(C)(C)C)O1. The zero-order valence-corrected chi connectivity index (χ0v) is 95.0. The van der Waals surface area contributed by atoms with Crippen molar-refractivity contribution in [2.45, 2.75) is 326 Å². The van der Waals surface area contributed by atoms with E-state index in [2.05, 4.69) is 68.1 Å². The van der Waals surface area contributed by atoms with Crippen LogP contribution in [0.3, 0.4) is 0 Å². The van der Waals surface area contributed by atoms with Gasteiger partial charge in [-0.15, -0.1) is 0 Å². The third-order valence-corrected chi connectivity index (χ3v) is 27.6. The Hall–Kier alpha value is 1.17. The van der Waals surface area contributed by atoms with Gasteiger partial charge in [0.25, 0.3) is 78.2 Å². The summed E-state index contributed by atoms with van der Waals surface area (Å²) in [6, 6.07) is -3.08. The number of hydrogen-bond acceptors (Lipinski definition) is 52. The normalized spacial score (nSPS) is 26.6. The molecule has 25 atom stereocenters. The lowest BCUT2D eigenvalue weighted by Gasteiger charge is -2.34. The van der Waals surface area contributed by atoms with E-state index >= 15 is 0 Å². The number of aliphatic hydroxyl groups is 4. The average molecular weight is 2280 g/mol. The van der Waals surface area contributed by atoms with Crippen LogP contribution < -0.4 is 58.7 Å². The number of aliphatic hydroxyl groups excluding tert-OH is 4. The minimum absolute atomic E-state index is 0.0193. The predicted molar refractivity (Wildman–Crippen MR) is 497 cm³/mol. The predicted octanol–water partition coefficient (Wildman–Crippen LogP) is 3.43. The highest BCUT2D eigenvalue weighted by molar-refractivity contribution is 7.48. The Labute approximate surface area is 849 Å². The molecule has 5 rings (SSSR count). The topological polar surface area (TPSA) is 796 Å². The van der Waals surface area contributed by atoms with Crippen LogP contribution in [0.25, 0.3) is 0 Å². The number of hydrogen-bond donors (Lipinski definition) is 5. The van der Waals surface area contributed by atoms with E-state index in [0.29, 0.717) is 6.42 Å². The van der Waals surface area contributed by atoms with E-state index in [9.17, 15) is 109 Å². The lowest BCUT2D eigenvalue weighted by atomic mass is 9.85. The Morgan fingerprint density at radius 2 is 0.434 bits per heavy atom. The van der Waals surface area contributed by atoms with Crippen molar-refractivity contribution in [3.05, 3.63) is 0 Å². The van der Waals surface area contributed by atoms with Gasteiger partial charge in [-0.05, 0) is 117 Å². The van der Waals surface area contributed by atoms with Crippen LogP contribution >= 0.6 is 86.0 Å². The van der Waals surface area contributed by atoms with Crippen molar-refractivity contribution in [1.82, 2.24) is 0 Å². The van der Waals surface area contributed by atoms with Gasteiger partial charge in [-0.3, -0.25) is 45.7 Å². The van der Waals surface area contributed by atoms with Gasteiger partial charge < -0.3 is 203 Å². The van der Waals surface area contributed by atoms with Crippen LogP contribution in [0.2, 0.25) is 0 Å². The molecule has 0 amide bonds. The first-order valence-corrected chi connectivity index (χ1v) is 61.9. The fourth-order valence-electron chi connectivity index (χ4n) is 11.9. The Morgan fingerprint density at radius 1 is 0.280 bits per heavy atom. The number of rotatable bonds is 59. The average Bonchev–Trinajstić information content (AvgIpc) is 1.69. The molecular weight excluding hydrogens is 2130 g/mol. The van der Waals surface area contributed by atoms with Gasteiger partial charge in [-0.2, -0.15) is 0 Å². The molecule has 69 heteroatoms. The number of phosphoric ester groups is 11. The number of phosphoric acid groups is 11. The summed E-state index contributed by atoms with van der Waals surface area (Å²) in [4.78, 5) is 145. The molecule has 143 heavy (non-hydrogen) atoms. The van der Waals surface area contributed by atoms with E-state index in [1.54, 1.807) is 0 Å². The van der Waals surface area contributed by atoms with E-state index < -0.39 is 235 Å². The Kier molecular flexibility index (Phi) is 78.3. The van der Waals surface area contributed by atoms with Crippen molar-refractivity contribution < 1.29 is 248 Å². The summed E-state index contributed by atoms with van der Waals surface area (Å²) in [5.74, 6) is 0.0981. The van der Waals surface area contributed by atoms with Gasteiger partial charge in [-0.25, -0.2) is 0 Å². The van der Waals surface area contributed by atoms with Gasteiger partial charge in [0.1, 0.15) is 39.2 Å². The Bertz CT molecular complexity index is 3890. The molecule has 25 unspecified atom stereocenters. The van der Waals surface area contributed by atoms with Crippen LogP contribution in [0.1, 0.15) is 235 Å². The van der Waals surface area contributed by atoms with Crippen molar-refractivity contribution in [3.63, 3.8) is 0 Å². The molecule has 5 aliphatic rings. The van der Waals surface area contributed by atoms with Crippen molar-refractivity contribution in [3.8, 4) is 0 Å². The van der Waals surface area contributed by atoms with Crippen LogP contribution in [0, 0.1) is 27.6 Å². The maximum Gasteiger partial charge on any atom is 0.268 e. The summed E-state index contributed by atoms with van der Waals surface area (Å²) < 4.78 is 246. The van der Waals surface area contributed by atoms with Crippen molar-refractivity contribution in [2.24, 2.45) is 27.6 Å². The van der Waals surface area contributed by atoms with E-state index in [1.165, 1.54) is 6.42 Å². The molecule has 10 radical (unpaired) electrons. The Balaban J connectivity index is -0.000000837. The van der Waals surface area contributed by atoms with E-state index in [-0.39, 0.29) is 172 Å². The number of ether oxygens (including phenoxy) is 5. The monoisotopic (exact) mass is 2280 g/mol. The molecule has 5 aliphatic heterocycles. The summed E-state index contributed by atoms with van der Waals surface area (Å²) in [5, 5.41) is 32.7. The van der Waals surface area contributed by atoms with Gasteiger partial charge in [0, 0.05) is 56.9 Å². The molecule has 0 aromatic heterocycles. The largest absolute Gasteiger partial charge is 0.790 e. The molecule has 0 saturated carbocycles. The molecule has 5 fully saturated rings. The van der Waals surface area contributed by atoms with Crippen LogP contribution in [0.5, 0.6) is 0 Å². The third kappa shape index (κ3) is 77.3. The lowest BCUT2D eigenvalue weighted by molar-refractivity contribution is -0.342. The maximum absolute atomic E-state index is 12.1. The Morgan fingerprint density at radius 3 is 0.601 bits per heavy atom. The quantitative estimate of drug-likeness (QED) is 0.0331. The summed E-state index contributed by atoms with van der Waals surface area (Å²) in [5.41, 5.74) is -1.59. The highest BCUT2D eigenvalue weighted by Gasteiger charge is 2.47. The second-order valence-corrected chi connectivity index (χ2v) is 49.9.